The molecule has 8 nitrogen and oxygen atoms in total. The minimum Gasteiger partial charge on any atom is -0.310 e. The lowest BCUT2D eigenvalue weighted by Crippen LogP contribution is -2.43. The van der Waals surface area contributed by atoms with Crippen LogP contribution in [0.3, 0.4) is 0 Å². The topological polar surface area (TPSA) is 97.2 Å². The van der Waals surface area contributed by atoms with Gasteiger partial charge in [0.05, 0.1) is 26.7 Å². The van der Waals surface area contributed by atoms with Gasteiger partial charge in [-0.1, -0.05) is 22.9 Å². The van der Waals surface area contributed by atoms with Crippen LogP contribution in [0.2, 0.25) is 5.02 Å². The molecule has 0 bridgehead atoms. The lowest BCUT2D eigenvalue weighted by atomic mass is 9.92. The zero-order chi connectivity index (χ0) is 26.4. The number of rotatable bonds is 5. The van der Waals surface area contributed by atoms with Crippen LogP contribution >= 0.6 is 22.9 Å². The molecule has 1 amide bonds. The van der Waals surface area contributed by atoms with Gasteiger partial charge in [-0.05, 0) is 93.0 Å². The van der Waals surface area contributed by atoms with Crippen molar-refractivity contribution in [1.29, 1.82) is 0 Å². The van der Waals surface area contributed by atoms with Crippen LogP contribution in [0.15, 0.2) is 47.4 Å². The van der Waals surface area contributed by atoms with E-state index >= 15 is 0 Å². The molecule has 38 heavy (non-hydrogen) atoms. The van der Waals surface area contributed by atoms with Crippen molar-refractivity contribution in [3.05, 3.63) is 64.3 Å². The molecule has 1 fully saturated rings. The van der Waals surface area contributed by atoms with Gasteiger partial charge in [0.1, 0.15) is 5.82 Å². The fraction of sp³-hybridized carbons (Fsp3) is 0.370. The van der Waals surface area contributed by atoms with Gasteiger partial charge < -0.3 is 5.32 Å². The Bertz CT molecular complexity index is 1590. The number of benzene rings is 2. The van der Waals surface area contributed by atoms with E-state index in [2.05, 4.69) is 22.5 Å². The molecule has 3 heterocycles. The number of aromatic nitrogens is 3. The normalized spacial score (nSPS) is 18.4. The number of nitrogens with one attached hydrogen (secondary N) is 1. The number of amides is 1. The Morgan fingerprint density at radius 1 is 1.08 bits per heavy atom. The second kappa shape index (κ2) is 10.1. The first-order valence-corrected chi connectivity index (χ1v) is 15.5. The third-order valence-corrected chi connectivity index (χ3v) is 10.4. The average Bonchev–Trinajstić information content (AvgIpc) is 3.49. The first-order valence-electron chi connectivity index (χ1n) is 12.8. The zero-order valence-electron chi connectivity index (χ0n) is 21.0. The molecule has 198 valence electrons. The fourth-order valence-corrected chi connectivity index (χ4v) is 7.95. The number of hydrogen-bond donors (Lipinski definition) is 1. The van der Waals surface area contributed by atoms with Crippen LogP contribution in [0.4, 0.5) is 5.82 Å². The molecular formula is C27H28ClN5O3S2. The maximum Gasteiger partial charge on any atom is 0.243 e. The van der Waals surface area contributed by atoms with Crippen LogP contribution in [0.1, 0.15) is 42.5 Å². The largest absolute Gasteiger partial charge is 0.310 e. The summed E-state index contributed by atoms with van der Waals surface area (Å²) in [5.41, 5.74) is 4.49. The van der Waals surface area contributed by atoms with E-state index in [0.29, 0.717) is 35.4 Å². The molecule has 4 aromatic rings. The maximum atomic E-state index is 13.4. The summed E-state index contributed by atoms with van der Waals surface area (Å²) in [4.78, 5) is 18.4. The average molecular weight is 570 g/mol. The van der Waals surface area contributed by atoms with Crippen molar-refractivity contribution in [3.8, 4) is 5.13 Å². The highest BCUT2D eigenvalue weighted by Crippen LogP contribution is 2.33. The summed E-state index contributed by atoms with van der Waals surface area (Å²) >= 11 is 7.49. The second-order valence-corrected chi connectivity index (χ2v) is 13.4. The molecule has 0 radical (unpaired) electrons. The van der Waals surface area contributed by atoms with E-state index in [1.54, 1.807) is 28.2 Å². The lowest BCUT2D eigenvalue weighted by molar-refractivity contribution is -0.120. The number of carbonyl (C=O) groups is 1. The van der Waals surface area contributed by atoms with Crippen molar-refractivity contribution in [1.82, 2.24) is 19.1 Å². The van der Waals surface area contributed by atoms with Crippen molar-refractivity contribution in [3.63, 3.8) is 0 Å². The number of carbonyl (C=O) groups excluding carboxylic acids is 1. The van der Waals surface area contributed by atoms with Gasteiger partial charge >= 0.3 is 0 Å². The van der Waals surface area contributed by atoms with Crippen molar-refractivity contribution < 1.29 is 13.2 Å². The monoisotopic (exact) mass is 569 g/mol. The van der Waals surface area contributed by atoms with Gasteiger partial charge in [0.15, 0.2) is 0 Å². The smallest absolute Gasteiger partial charge is 0.243 e. The van der Waals surface area contributed by atoms with E-state index in [1.807, 2.05) is 13.0 Å². The first-order chi connectivity index (χ1) is 18.3. The van der Waals surface area contributed by atoms with Crippen molar-refractivity contribution in [2.45, 2.75) is 50.3 Å². The number of fused-ring (bicyclic) bond motifs is 2. The Labute approximate surface area is 230 Å². The van der Waals surface area contributed by atoms with E-state index in [0.717, 1.165) is 28.8 Å². The molecule has 2 aromatic heterocycles. The standard InChI is InChI=1S/C27H28ClN5O3S2/c1-17-13-25(33(31-17)27-29-23-14-18-5-2-3-6-19(18)15-24(23)37-27)30-26(34)20-7-4-12-32(16-20)38(35,36)22-10-8-21(28)9-11-22/h8-11,13-15,20H,2-7,12,16H2,1H3,(H,30,34). The molecule has 2 aliphatic rings. The van der Waals surface area contributed by atoms with Crippen LogP contribution in [-0.2, 0) is 27.7 Å². The Morgan fingerprint density at radius 2 is 1.82 bits per heavy atom. The Balaban J connectivity index is 1.22. The summed E-state index contributed by atoms with van der Waals surface area (Å²) in [6, 6.07) is 12.4. The maximum absolute atomic E-state index is 13.4. The van der Waals surface area contributed by atoms with Gasteiger partial charge in [-0.3, -0.25) is 4.79 Å². The third kappa shape index (κ3) is 4.86. The van der Waals surface area contributed by atoms with Gasteiger partial charge in [0.25, 0.3) is 0 Å². The summed E-state index contributed by atoms with van der Waals surface area (Å²) in [5, 5.41) is 8.78. The third-order valence-electron chi connectivity index (χ3n) is 7.31. The summed E-state index contributed by atoms with van der Waals surface area (Å²) < 4.78 is 30.5. The molecule has 2 aromatic carbocycles. The number of anilines is 1. The molecule has 6 rings (SSSR count). The van der Waals surface area contributed by atoms with Gasteiger partial charge in [0, 0.05) is 24.2 Å². The number of halogens is 1. The molecule has 1 aliphatic carbocycles. The molecule has 1 saturated heterocycles. The number of aryl methyl sites for hydroxylation is 3. The summed E-state index contributed by atoms with van der Waals surface area (Å²) in [6.07, 6.45) is 5.84. The van der Waals surface area contributed by atoms with Gasteiger partial charge in [-0.2, -0.15) is 14.1 Å². The Hall–Kier alpha value is -2.79. The van der Waals surface area contributed by atoms with E-state index < -0.39 is 15.9 Å². The molecule has 1 unspecified atom stereocenters. The number of piperidine rings is 1. The van der Waals surface area contributed by atoms with Gasteiger partial charge in [-0.15, -0.1) is 0 Å². The highest BCUT2D eigenvalue weighted by Gasteiger charge is 2.34. The lowest BCUT2D eigenvalue weighted by Gasteiger charge is -2.31. The van der Waals surface area contributed by atoms with Gasteiger partial charge in [0.2, 0.25) is 21.1 Å². The van der Waals surface area contributed by atoms with Crippen molar-refractivity contribution in [2.24, 2.45) is 5.92 Å². The van der Waals surface area contributed by atoms with Crippen molar-refractivity contribution in [2.75, 3.05) is 18.4 Å². The van der Waals surface area contributed by atoms with Crippen LogP contribution in [0.25, 0.3) is 15.3 Å². The number of thiazole rings is 1. The van der Waals surface area contributed by atoms with Crippen LogP contribution in [-0.4, -0.2) is 46.5 Å². The van der Waals surface area contributed by atoms with Crippen LogP contribution in [0, 0.1) is 12.8 Å². The highest BCUT2D eigenvalue weighted by atomic mass is 35.5. The SMILES string of the molecule is Cc1cc(NC(=O)C2CCCN(S(=O)(=O)c3ccc(Cl)cc3)C2)n(-c2nc3cc4c(cc3s2)CCCC4)n1. The Morgan fingerprint density at radius 3 is 2.58 bits per heavy atom. The van der Waals surface area contributed by atoms with E-state index in [1.165, 1.54) is 40.4 Å². The van der Waals surface area contributed by atoms with Crippen molar-refractivity contribution >= 4 is 54.9 Å². The van der Waals surface area contributed by atoms with Crippen LogP contribution < -0.4 is 5.32 Å². The molecule has 0 saturated carbocycles. The summed E-state index contributed by atoms with van der Waals surface area (Å²) in [5.74, 6) is -0.163. The minimum absolute atomic E-state index is 0.122. The molecule has 1 atom stereocenters. The van der Waals surface area contributed by atoms with Crippen LogP contribution in [0.5, 0.6) is 0 Å². The molecule has 11 heteroatoms. The molecular weight excluding hydrogens is 542 g/mol. The quantitative estimate of drug-likeness (QED) is 0.349. The second-order valence-electron chi connectivity index (χ2n) is 10.0. The summed E-state index contributed by atoms with van der Waals surface area (Å²) in [6.45, 7) is 2.37. The zero-order valence-corrected chi connectivity index (χ0v) is 23.4. The minimum atomic E-state index is -3.72. The predicted octanol–water partition coefficient (Wildman–Crippen LogP) is 5.36. The molecule has 0 spiro atoms. The fourth-order valence-electron chi connectivity index (χ4n) is 5.33. The number of nitrogens with zero attached hydrogens (tertiary/aromatic N) is 4. The Kier molecular flexibility index (Phi) is 6.75. The van der Waals surface area contributed by atoms with Gasteiger partial charge in [-0.25, -0.2) is 13.4 Å². The van der Waals surface area contributed by atoms with E-state index in [-0.39, 0.29) is 17.3 Å². The molecule has 1 N–H and O–H groups in total. The highest BCUT2D eigenvalue weighted by molar-refractivity contribution is 7.89. The van der Waals surface area contributed by atoms with E-state index in [4.69, 9.17) is 16.6 Å². The summed E-state index contributed by atoms with van der Waals surface area (Å²) in [7, 11) is -3.72. The van der Waals surface area contributed by atoms with E-state index in [9.17, 15) is 13.2 Å². The predicted molar refractivity (Wildman–Crippen MR) is 150 cm³/mol. The molecule has 1 aliphatic heterocycles. The number of hydrogen-bond acceptors (Lipinski definition) is 6. The number of sulfonamides is 1. The first kappa shape index (κ1) is 25.5.